The Labute approximate surface area is 261 Å². The molecular weight excluding hydrogens is 555 g/mol. The summed E-state index contributed by atoms with van der Waals surface area (Å²) in [5.41, 5.74) is 7.30. The van der Waals surface area contributed by atoms with E-state index in [4.69, 9.17) is 15.0 Å². The maximum atomic E-state index is 5.06. The molecule has 0 spiro atoms. The van der Waals surface area contributed by atoms with E-state index in [0.29, 0.717) is 17.5 Å². The second kappa shape index (κ2) is 11.1. The smallest absolute Gasteiger partial charge is 0.164 e. The fraction of sp³-hybridized carbons (Fsp3) is 0.0250. The Bertz CT molecular complexity index is 1980. The SMILES string of the molecule is c1ccc(-c2nc(-c3ccccc3)nc(-c3ccc4c(c3)C(c3ccccc3)(c3ccccc3)c3ccccc3S4)n2)cc1. The van der Waals surface area contributed by atoms with Crippen molar-refractivity contribution < 1.29 is 0 Å². The summed E-state index contributed by atoms with van der Waals surface area (Å²) in [5.74, 6) is 1.97. The molecule has 0 saturated carbocycles. The monoisotopic (exact) mass is 581 g/mol. The van der Waals surface area contributed by atoms with Crippen molar-refractivity contribution in [3.05, 3.63) is 186 Å². The molecule has 0 bridgehead atoms. The number of benzene rings is 6. The van der Waals surface area contributed by atoms with Crippen molar-refractivity contribution in [1.29, 1.82) is 0 Å². The van der Waals surface area contributed by atoms with Crippen molar-refractivity contribution in [3.63, 3.8) is 0 Å². The molecule has 4 heteroatoms. The Morgan fingerprint density at radius 1 is 0.364 bits per heavy atom. The van der Waals surface area contributed by atoms with Gasteiger partial charge in [-0.25, -0.2) is 15.0 Å². The molecule has 1 aliphatic heterocycles. The van der Waals surface area contributed by atoms with Gasteiger partial charge in [-0.15, -0.1) is 0 Å². The van der Waals surface area contributed by atoms with Crippen LogP contribution in [-0.2, 0) is 5.41 Å². The average Bonchev–Trinajstić information content (AvgIpc) is 3.12. The third-order valence-corrected chi connectivity index (χ3v) is 9.42. The van der Waals surface area contributed by atoms with E-state index in [1.165, 1.54) is 32.0 Å². The zero-order chi connectivity index (χ0) is 29.3. The van der Waals surface area contributed by atoms with Crippen molar-refractivity contribution in [2.24, 2.45) is 0 Å². The topological polar surface area (TPSA) is 38.7 Å². The summed E-state index contributed by atoms with van der Waals surface area (Å²) in [6.45, 7) is 0. The molecular formula is C40H27N3S. The summed E-state index contributed by atoms with van der Waals surface area (Å²) in [6.07, 6.45) is 0. The Kier molecular flexibility index (Phi) is 6.62. The molecule has 0 saturated heterocycles. The van der Waals surface area contributed by atoms with Gasteiger partial charge in [-0.05, 0) is 40.5 Å². The quantitative estimate of drug-likeness (QED) is 0.203. The lowest BCUT2D eigenvalue weighted by Gasteiger charge is -2.42. The van der Waals surface area contributed by atoms with Crippen molar-refractivity contribution in [2.45, 2.75) is 15.2 Å². The Hall–Kier alpha value is -5.32. The van der Waals surface area contributed by atoms with Gasteiger partial charge in [0.15, 0.2) is 17.5 Å². The molecule has 6 aromatic carbocycles. The zero-order valence-corrected chi connectivity index (χ0v) is 24.7. The molecule has 1 aliphatic rings. The van der Waals surface area contributed by atoms with Gasteiger partial charge in [0, 0.05) is 26.5 Å². The van der Waals surface area contributed by atoms with Gasteiger partial charge < -0.3 is 0 Å². The van der Waals surface area contributed by atoms with Crippen LogP contribution in [0.3, 0.4) is 0 Å². The highest BCUT2D eigenvalue weighted by atomic mass is 32.2. The third kappa shape index (κ3) is 4.43. The number of hydrogen-bond acceptors (Lipinski definition) is 4. The van der Waals surface area contributed by atoms with Crippen LogP contribution in [0.15, 0.2) is 174 Å². The predicted octanol–water partition coefficient (Wildman–Crippen LogP) is 9.72. The van der Waals surface area contributed by atoms with Gasteiger partial charge in [0.05, 0.1) is 5.41 Å². The minimum Gasteiger partial charge on any atom is -0.208 e. The summed E-state index contributed by atoms with van der Waals surface area (Å²) in [6, 6.07) is 57.5. The number of aromatic nitrogens is 3. The number of nitrogens with zero attached hydrogens (tertiary/aromatic N) is 3. The second-order valence-corrected chi connectivity index (χ2v) is 11.9. The first kappa shape index (κ1) is 26.3. The maximum absolute atomic E-state index is 5.06. The van der Waals surface area contributed by atoms with Crippen LogP contribution < -0.4 is 0 Å². The van der Waals surface area contributed by atoms with Gasteiger partial charge in [-0.2, -0.15) is 0 Å². The molecule has 0 N–H and O–H groups in total. The van der Waals surface area contributed by atoms with Crippen LogP contribution in [0.4, 0.5) is 0 Å². The molecule has 8 rings (SSSR count). The van der Waals surface area contributed by atoms with E-state index in [2.05, 4.69) is 103 Å². The third-order valence-electron chi connectivity index (χ3n) is 8.27. The number of rotatable bonds is 5. The van der Waals surface area contributed by atoms with E-state index in [1.54, 1.807) is 0 Å². The molecule has 3 nitrogen and oxygen atoms in total. The molecule has 7 aromatic rings. The molecule has 0 amide bonds. The van der Waals surface area contributed by atoms with Crippen molar-refractivity contribution in [1.82, 2.24) is 15.0 Å². The van der Waals surface area contributed by atoms with Gasteiger partial charge in [-0.1, -0.05) is 157 Å². The zero-order valence-electron chi connectivity index (χ0n) is 23.8. The Balaban J connectivity index is 1.41. The standard InChI is InChI=1S/C40H27N3S/c1-5-15-28(16-6-1)37-41-38(29-17-7-2-8-18-29)43-39(42-37)30-25-26-36-34(27-30)40(31-19-9-3-10-20-31,32-21-11-4-12-22-32)33-23-13-14-24-35(33)44-36/h1-27H. The summed E-state index contributed by atoms with van der Waals surface area (Å²) in [7, 11) is 0. The Morgan fingerprint density at radius 3 is 1.34 bits per heavy atom. The molecule has 0 aliphatic carbocycles. The van der Waals surface area contributed by atoms with E-state index < -0.39 is 5.41 Å². The molecule has 0 unspecified atom stereocenters. The molecule has 0 atom stereocenters. The van der Waals surface area contributed by atoms with Crippen molar-refractivity contribution >= 4 is 11.8 Å². The predicted molar refractivity (Wildman–Crippen MR) is 179 cm³/mol. The van der Waals surface area contributed by atoms with Crippen LogP contribution in [0.25, 0.3) is 34.2 Å². The fourth-order valence-electron chi connectivity index (χ4n) is 6.28. The summed E-state index contributed by atoms with van der Waals surface area (Å²) in [5, 5.41) is 0. The molecule has 1 aromatic heterocycles. The van der Waals surface area contributed by atoms with Crippen molar-refractivity contribution in [3.8, 4) is 34.2 Å². The molecule has 208 valence electrons. The van der Waals surface area contributed by atoms with Crippen LogP contribution >= 0.6 is 11.8 Å². The Morgan fingerprint density at radius 2 is 0.795 bits per heavy atom. The normalized spacial score (nSPS) is 13.1. The van der Waals surface area contributed by atoms with Crippen LogP contribution in [0, 0.1) is 0 Å². The lowest BCUT2D eigenvalue weighted by Crippen LogP contribution is -2.34. The number of fused-ring (bicyclic) bond motifs is 2. The first-order valence-corrected chi connectivity index (χ1v) is 15.5. The number of hydrogen-bond donors (Lipinski definition) is 0. The van der Waals surface area contributed by atoms with E-state index >= 15 is 0 Å². The maximum Gasteiger partial charge on any atom is 0.164 e. The van der Waals surface area contributed by atoms with Gasteiger partial charge in [0.25, 0.3) is 0 Å². The van der Waals surface area contributed by atoms with Crippen LogP contribution in [0.5, 0.6) is 0 Å². The van der Waals surface area contributed by atoms with E-state index in [0.717, 1.165) is 16.7 Å². The lowest BCUT2D eigenvalue weighted by molar-refractivity contribution is 0.703. The minimum absolute atomic E-state index is 0.521. The summed E-state index contributed by atoms with van der Waals surface area (Å²) < 4.78 is 0. The summed E-state index contributed by atoms with van der Waals surface area (Å²) in [4.78, 5) is 17.5. The molecule has 0 radical (unpaired) electrons. The molecule has 2 heterocycles. The van der Waals surface area contributed by atoms with E-state index in [9.17, 15) is 0 Å². The van der Waals surface area contributed by atoms with Crippen LogP contribution in [0.1, 0.15) is 22.3 Å². The average molecular weight is 582 g/mol. The first-order valence-electron chi connectivity index (χ1n) is 14.7. The van der Waals surface area contributed by atoms with E-state index in [1.807, 2.05) is 72.4 Å². The highest BCUT2D eigenvalue weighted by Crippen LogP contribution is 2.56. The van der Waals surface area contributed by atoms with Crippen molar-refractivity contribution in [2.75, 3.05) is 0 Å². The lowest BCUT2D eigenvalue weighted by atomic mass is 9.64. The fourth-order valence-corrected chi connectivity index (χ4v) is 7.46. The van der Waals surface area contributed by atoms with Crippen LogP contribution in [0.2, 0.25) is 0 Å². The second-order valence-electron chi connectivity index (χ2n) is 10.8. The van der Waals surface area contributed by atoms with E-state index in [-0.39, 0.29) is 0 Å². The van der Waals surface area contributed by atoms with Gasteiger partial charge >= 0.3 is 0 Å². The molecule has 0 fully saturated rings. The van der Waals surface area contributed by atoms with Gasteiger partial charge in [0.2, 0.25) is 0 Å². The first-order chi connectivity index (χ1) is 21.8. The highest BCUT2D eigenvalue weighted by molar-refractivity contribution is 7.99. The molecule has 44 heavy (non-hydrogen) atoms. The van der Waals surface area contributed by atoms with Gasteiger partial charge in [-0.3, -0.25) is 0 Å². The minimum atomic E-state index is -0.521. The van der Waals surface area contributed by atoms with Gasteiger partial charge in [0.1, 0.15) is 0 Å². The summed E-state index contributed by atoms with van der Waals surface area (Å²) >= 11 is 1.82. The largest absolute Gasteiger partial charge is 0.208 e. The van der Waals surface area contributed by atoms with Crippen LogP contribution in [-0.4, -0.2) is 15.0 Å². The highest BCUT2D eigenvalue weighted by Gasteiger charge is 2.44.